The molecule has 9 nitrogen and oxygen atoms in total. The number of hydrogen-bond acceptors (Lipinski definition) is 7. The summed E-state index contributed by atoms with van der Waals surface area (Å²) in [6.45, 7) is 1.69. The molecule has 0 aliphatic carbocycles. The van der Waals surface area contributed by atoms with Gasteiger partial charge < -0.3 is 19.6 Å². The molecule has 1 unspecified atom stereocenters. The van der Waals surface area contributed by atoms with Gasteiger partial charge in [0.05, 0.1) is 5.56 Å². The van der Waals surface area contributed by atoms with Gasteiger partial charge in [0.25, 0.3) is 0 Å². The maximum absolute atomic E-state index is 14.4. The van der Waals surface area contributed by atoms with Crippen LogP contribution in [0.2, 0.25) is 0 Å². The van der Waals surface area contributed by atoms with Crippen LogP contribution in [0.15, 0.2) is 59.0 Å². The summed E-state index contributed by atoms with van der Waals surface area (Å²) in [5, 5.41) is 11.5. The summed E-state index contributed by atoms with van der Waals surface area (Å²) in [4.78, 5) is 15.7. The number of ether oxygens (including phenoxy) is 1. The number of hydrogen-bond donors (Lipinski definition) is 2. The molecule has 0 saturated carbocycles. The van der Waals surface area contributed by atoms with Gasteiger partial charge in [0.15, 0.2) is 11.6 Å². The van der Waals surface area contributed by atoms with Crippen molar-refractivity contribution in [3.8, 4) is 17.2 Å². The minimum atomic E-state index is -4.04. The third kappa shape index (κ3) is 6.37. The van der Waals surface area contributed by atoms with Crippen molar-refractivity contribution >= 4 is 21.7 Å². The second-order valence-corrected chi connectivity index (χ2v) is 12.3. The molecule has 0 fully saturated rings. The van der Waals surface area contributed by atoms with Gasteiger partial charge in [-0.3, -0.25) is 4.79 Å². The predicted octanol–water partition coefficient (Wildman–Crippen LogP) is 5.56. The van der Waals surface area contributed by atoms with Gasteiger partial charge in [-0.1, -0.05) is 30.3 Å². The number of carboxylic acids is 1. The maximum Gasteiger partial charge on any atom is 0.318 e. The number of oxazole rings is 1. The van der Waals surface area contributed by atoms with Gasteiger partial charge in [0.1, 0.15) is 41.5 Å². The summed E-state index contributed by atoms with van der Waals surface area (Å²) >= 11 is 0. The number of aromatic nitrogens is 1. The monoisotopic (exact) mass is 615 g/mol. The van der Waals surface area contributed by atoms with Crippen LogP contribution in [0, 0.1) is 31.3 Å². The molecule has 1 atom stereocenters. The molecule has 0 spiro atoms. The lowest BCUT2D eigenvalue weighted by Crippen LogP contribution is -2.45. The number of benzene rings is 3. The second kappa shape index (κ2) is 12.1. The standard InChI is InChI=1S/C30H28F3N3O6S/c1-17-23(31)13-22(29(33)28(17)32)30-35-25(18(2)42-30)16-41-21-10-7-19(8-11-21)14-36(15-27(37)38)43(39,40)26-12-9-20-5-3-4-6-24(20)34-26/h3-8,10-11,13,26,34H,9,12,14-16H2,1-2H3,(H,37,38). The van der Waals surface area contributed by atoms with E-state index >= 15 is 0 Å². The van der Waals surface area contributed by atoms with Crippen LogP contribution in [0.1, 0.15) is 34.6 Å². The van der Waals surface area contributed by atoms with E-state index in [9.17, 15) is 31.5 Å². The van der Waals surface area contributed by atoms with E-state index in [0.717, 1.165) is 22.9 Å². The lowest BCUT2D eigenvalue weighted by Gasteiger charge is -2.31. The third-order valence-corrected chi connectivity index (χ3v) is 9.26. The predicted molar refractivity (Wildman–Crippen MR) is 151 cm³/mol. The zero-order valence-corrected chi connectivity index (χ0v) is 24.1. The van der Waals surface area contributed by atoms with Crippen molar-refractivity contribution in [2.75, 3.05) is 11.9 Å². The topological polar surface area (TPSA) is 122 Å². The Morgan fingerprint density at radius 3 is 2.56 bits per heavy atom. The van der Waals surface area contributed by atoms with Gasteiger partial charge in [-0.05, 0) is 62.1 Å². The molecule has 0 saturated heterocycles. The molecular formula is C30H28F3N3O6S. The molecule has 1 aliphatic heterocycles. The van der Waals surface area contributed by atoms with E-state index in [4.69, 9.17) is 9.15 Å². The Kier molecular flexibility index (Phi) is 8.47. The number of rotatable bonds is 10. The van der Waals surface area contributed by atoms with Crippen LogP contribution in [-0.4, -0.2) is 40.7 Å². The van der Waals surface area contributed by atoms with Gasteiger partial charge in [-0.15, -0.1) is 0 Å². The number of para-hydroxylation sites is 1. The number of anilines is 1. The minimum absolute atomic E-state index is 0.110. The SMILES string of the molecule is Cc1oc(-c2cc(F)c(C)c(F)c2F)nc1COc1ccc(CN(CC(=O)O)S(=O)(=O)C2CCc3ccccc3N2)cc1. The maximum atomic E-state index is 14.4. The number of aryl methyl sites for hydroxylation is 2. The number of halogens is 3. The Hall–Kier alpha value is -4.36. The van der Waals surface area contributed by atoms with Crippen molar-refractivity contribution in [2.24, 2.45) is 0 Å². The molecular weight excluding hydrogens is 587 g/mol. The van der Waals surface area contributed by atoms with Crippen molar-refractivity contribution in [2.45, 2.75) is 45.2 Å². The molecule has 2 heterocycles. The van der Waals surface area contributed by atoms with Gasteiger partial charge in [-0.25, -0.2) is 26.6 Å². The fraction of sp³-hybridized carbons (Fsp3) is 0.267. The fourth-order valence-electron chi connectivity index (χ4n) is 4.77. The van der Waals surface area contributed by atoms with Crippen molar-refractivity contribution in [3.63, 3.8) is 0 Å². The first-order valence-corrected chi connectivity index (χ1v) is 14.8. The van der Waals surface area contributed by atoms with Crippen molar-refractivity contribution < 1.29 is 40.6 Å². The van der Waals surface area contributed by atoms with E-state index in [1.54, 1.807) is 43.3 Å². The highest BCUT2D eigenvalue weighted by molar-refractivity contribution is 7.89. The number of sulfonamides is 1. The molecule has 2 N–H and O–H groups in total. The second-order valence-electron chi connectivity index (χ2n) is 10.1. The number of nitrogens with zero attached hydrogens (tertiary/aromatic N) is 2. The van der Waals surface area contributed by atoms with Gasteiger partial charge in [0.2, 0.25) is 15.9 Å². The van der Waals surface area contributed by atoms with Gasteiger partial charge in [0, 0.05) is 17.8 Å². The van der Waals surface area contributed by atoms with E-state index in [1.807, 2.05) is 12.1 Å². The zero-order chi connectivity index (χ0) is 30.9. The Morgan fingerprint density at radius 2 is 1.84 bits per heavy atom. The number of carboxylic acid groups (broad SMARTS) is 1. The minimum Gasteiger partial charge on any atom is -0.487 e. The Bertz CT molecular complexity index is 1780. The first kappa shape index (κ1) is 30.1. The lowest BCUT2D eigenvalue weighted by molar-refractivity contribution is -0.137. The third-order valence-electron chi connectivity index (χ3n) is 7.21. The zero-order valence-electron chi connectivity index (χ0n) is 23.2. The molecule has 0 bridgehead atoms. The number of nitrogens with one attached hydrogen (secondary N) is 1. The Labute approximate surface area is 246 Å². The highest BCUT2D eigenvalue weighted by Gasteiger charge is 2.35. The summed E-state index contributed by atoms with van der Waals surface area (Å²) in [5.74, 6) is -4.45. The first-order chi connectivity index (χ1) is 20.4. The van der Waals surface area contributed by atoms with E-state index in [0.29, 0.717) is 29.8 Å². The van der Waals surface area contributed by atoms with Gasteiger partial charge >= 0.3 is 5.97 Å². The molecule has 43 heavy (non-hydrogen) atoms. The average molecular weight is 616 g/mol. The number of aliphatic carboxylic acids is 1. The van der Waals surface area contributed by atoms with E-state index in [1.165, 1.54) is 0 Å². The quantitative estimate of drug-likeness (QED) is 0.223. The molecule has 0 radical (unpaired) electrons. The first-order valence-electron chi connectivity index (χ1n) is 13.3. The molecule has 13 heteroatoms. The van der Waals surface area contributed by atoms with Crippen molar-refractivity contribution in [1.82, 2.24) is 9.29 Å². The highest BCUT2D eigenvalue weighted by atomic mass is 32.2. The van der Waals surface area contributed by atoms with Crippen molar-refractivity contribution in [3.05, 3.63) is 100 Å². The molecule has 1 aliphatic rings. The molecule has 1 aromatic heterocycles. The van der Waals surface area contributed by atoms with Crippen LogP contribution >= 0.6 is 0 Å². The van der Waals surface area contributed by atoms with E-state index < -0.39 is 56.5 Å². The Balaban J connectivity index is 1.26. The van der Waals surface area contributed by atoms with Crippen LogP contribution < -0.4 is 10.1 Å². The van der Waals surface area contributed by atoms with Crippen molar-refractivity contribution in [1.29, 1.82) is 0 Å². The largest absolute Gasteiger partial charge is 0.487 e. The number of carbonyl (C=O) groups is 1. The van der Waals surface area contributed by atoms with Crippen LogP contribution in [0.5, 0.6) is 5.75 Å². The molecule has 5 rings (SSSR count). The smallest absolute Gasteiger partial charge is 0.318 e. The molecule has 4 aromatic rings. The summed E-state index contributed by atoms with van der Waals surface area (Å²) in [5.41, 5.74) is 1.62. The summed E-state index contributed by atoms with van der Waals surface area (Å²) in [6.07, 6.45) is 0.839. The summed E-state index contributed by atoms with van der Waals surface area (Å²) in [6, 6.07) is 14.6. The molecule has 226 valence electrons. The summed E-state index contributed by atoms with van der Waals surface area (Å²) < 4.78 is 81.5. The van der Waals surface area contributed by atoms with Crippen LogP contribution in [-0.2, 0) is 34.4 Å². The van der Waals surface area contributed by atoms with E-state index in [2.05, 4.69) is 10.3 Å². The van der Waals surface area contributed by atoms with Gasteiger partial charge in [-0.2, -0.15) is 4.31 Å². The molecule has 0 amide bonds. The average Bonchev–Trinajstić information content (AvgIpc) is 3.36. The lowest BCUT2D eigenvalue weighted by atomic mass is 10.0. The highest BCUT2D eigenvalue weighted by Crippen LogP contribution is 2.31. The normalized spacial score (nSPS) is 14.8. The molecule has 3 aromatic carbocycles. The Morgan fingerprint density at radius 1 is 1.12 bits per heavy atom. The van der Waals surface area contributed by atoms with E-state index in [-0.39, 0.29) is 30.5 Å². The number of fused-ring (bicyclic) bond motifs is 1. The summed E-state index contributed by atoms with van der Waals surface area (Å²) in [7, 11) is -4.04. The van der Waals surface area contributed by atoms with Crippen LogP contribution in [0.4, 0.5) is 18.9 Å². The fourth-order valence-corrected chi connectivity index (χ4v) is 6.44. The van der Waals surface area contributed by atoms with Crippen LogP contribution in [0.3, 0.4) is 0 Å². The van der Waals surface area contributed by atoms with Crippen LogP contribution in [0.25, 0.3) is 11.5 Å².